The van der Waals surface area contributed by atoms with Crippen molar-refractivity contribution in [2.75, 3.05) is 0 Å². The van der Waals surface area contributed by atoms with Gasteiger partial charge in [0.15, 0.2) is 0 Å². The summed E-state index contributed by atoms with van der Waals surface area (Å²) in [5, 5.41) is 0. The smallest absolute Gasteiger partial charge is 0.231 e. The molecule has 0 amide bonds. The Morgan fingerprint density at radius 1 is 0.821 bits per heavy atom. The number of hydrogen-bond donors (Lipinski definition) is 0. The van der Waals surface area contributed by atoms with Crippen LogP contribution in [0.5, 0.6) is 0 Å². The number of aryl methyl sites for hydroxylation is 1. The van der Waals surface area contributed by atoms with Gasteiger partial charge in [0.05, 0.1) is 22.8 Å². The molecule has 0 saturated heterocycles. The van der Waals surface area contributed by atoms with Gasteiger partial charge in [0, 0.05) is 5.92 Å². The van der Waals surface area contributed by atoms with E-state index in [1.165, 1.54) is 34.3 Å². The summed E-state index contributed by atoms with van der Waals surface area (Å²) in [5.74, 6) is 1.19. The number of aliphatic imine (C=N–C) groups is 1. The van der Waals surface area contributed by atoms with Crippen molar-refractivity contribution in [1.29, 1.82) is 0 Å². The third-order valence-corrected chi connectivity index (χ3v) is 6.20. The number of fused-ring (bicyclic) bond motifs is 6. The molecule has 0 N–H and O–H groups in total. The number of benzene rings is 3. The largest absolute Gasteiger partial charge is 0.300 e. The van der Waals surface area contributed by atoms with Gasteiger partial charge in [0.1, 0.15) is 0 Å². The van der Waals surface area contributed by atoms with Gasteiger partial charge in [0.2, 0.25) is 5.95 Å². The molecular formula is C25H21N3. The van der Waals surface area contributed by atoms with Crippen LogP contribution in [0.2, 0.25) is 0 Å². The standard InChI is InChI=1S/C25H21N3/c1-2-10-18(11-3-1)24-20-14-8-12-17-9-4-5-13-19(17)23(20)27-25-26-21-15-6-7-16-22(21)28(24)25/h1-7,9-11,13,15-16,20,24H,8,12,14H2. The summed E-state index contributed by atoms with van der Waals surface area (Å²) in [5.41, 5.74) is 7.47. The van der Waals surface area contributed by atoms with Crippen molar-refractivity contribution in [3.8, 4) is 0 Å². The Bertz CT molecular complexity index is 1200. The Balaban J connectivity index is 1.67. The zero-order valence-corrected chi connectivity index (χ0v) is 15.6. The van der Waals surface area contributed by atoms with Gasteiger partial charge >= 0.3 is 0 Å². The molecule has 3 heteroatoms. The molecule has 0 fully saturated rings. The lowest BCUT2D eigenvalue weighted by molar-refractivity contribution is 0.438. The lowest BCUT2D eigenvalue weighted by Crippen LogP contribution is -2.31. The van der Waals surface area contributed by atoms with Gasteiger partial charge in [0.25, 0.3) is 0 Å². The average molecular weight is 363 g/mol. The zero-order valence-electron chi connectivity index (χ0n) is 15.6. The van der Waals surface area contributed by atoms with Crippen LogP contribution in [-0.4, -0.2) is 15.3 Å². The molecule has 2 unspecified atom stereocenters. The zero-order chi connectivity index (χ0) is 18.5. The lowest BCUT2D eigenvalue weighted by Gasteiger charge is -2.33. The Morgan fingerprint density at radius 3 is 2.54 bits per heavy atom. The number of aromatic nitrogens is 2. The van der Waals surface area contributed by atoms with Crippen molar-refractivity contribution in [2.24, 2.45) is 10.9 Å². The molecule has 0 spiro atoms. The van der Waals surface area contributed by atoms with E-state index in [-0.39, 0.29) is 6.04 Å². The maximum absolute atomic E-state index is 5.15. The fraction of sp³-hybridized carbons (Fsp3) is 0.200. The van der Waals surface area contributed by atoms with E-state index < -0.39 is 0 Å². The van der Waals surface area contributed by atoms with Crippen molar-refractivity contribution >= 4 is 22.7 Å². The van der Waals surface area contributed by atoms with Crippen LogP contribution < -0.4 is 0 Å². The topological polar surface area (TPSA) is 30.2 Å². The molecule has 2 heterocycles. The summed E-state index contributed by atoms with van der Waals surface area (Å²) in [4.78, 5) is 10.0. The first kappa shape index (κ1) is 15.8. The molecule has 2 aliphatic rings. The van der Waals surface area contributed by atoms with Crippen LogP contribution in [0.25, 0.3) is 11.0 Å². The van der Waals surface area contributed by atoms with Crippen LogP contribution in [0.3, 0.4) is 0 Å². The van der Waals surface area contributed by atoms with Gasteiger partial charge in [-0.15, -0.1) is 0 Å². The normalized spacial score (nSPS) is 20.6. The number of hydrogen-bond acceptors (Lipinski definition) is 2. The third kappa shape index (κ3) is 2.29. The molecule has 3 nitrogen and oxygen atoms in total. The molecule has 136 valence electrons. The van der Waals surface area contributed by atoms with Gasteiger partial charge in [-0.3, -0.25) is 0 Å². The number of imidazole rings is 1. The highest BCUT2D eigenvalue weighted by molar-refractivity contribution is 6.06. The minimum atomic E-state index is 0.224. The summed E-state index contributed by atoms with van der Waals surface area (Å²) in [7, 11) is 0. The van der Waals surface area contributed by atoms with E-state index in [1.807, 2.05) is 0 Å². The lowest BCUT2D eigenvalue weighted by atomic mass is 9.83. The van der Waals surface area contributed by atoms with Crippen molar-refractivity contribution in [2.45, 2.75) is 25.3 Å². The SMILES string of the molecule is c1ccc(C2C3CCCc4ccccc4C3=Nc3nc4ccccc4n32)cc1. The fourth-order valence-corrected chi connectivity index (χ4v) is 4.99. The maximum Gasteiger partial charge on any atom is 0.231 e. The van der Waals surface area contributed by atoms with Crippen LogP contribution in [0.15, 0.2) is 83.9 Å². The van der Waals surface area contributed by atoms with Crippen molar-refractivity contribution in [3.63, 3.8) is 0 Å². The second-order valence-electron chi connectivity index (χ2n) is 7.78. The first-order valence-corrected chi connectivity index (χ1v) is 10.1. The number of rotatable bonds is 1. The van der Waals surface area contributed by atoms with E-state index in [1.54, 1.807) is 0 Å². The molecule has 4 aromatic rings. The van der Waals surface area contributed by atoms with Gasteiger partial charge < -0.3 is 4.57 Å². The molecule has 6 rings (SSSR count). The third-order valence-electron chi connectivity index (χ3n) is 6.20. The second-order valence-corrected chi connectivity index (χ2v) is 7.78. The van der Waals surface area contributed by atoms with Crippen LogP contribution in [0.1, 0.15) is 35.6 Å². The highest BCUT2D eigenvalue weighted by Gasteiger charge is 2.37. The Hall–Kier alpha value is -3.20. The Labute approximate surface area is 164 Å². The van der Waals surface area contributed by atoms with Crippen LogP contribution in [-0.2, 0) is 6.42 Å². The summed E-state index contributed by atoms with van der Waals surface area (Å²) >= 11 is 0. The molecule has 0 radical (unpaired) electrons. The summed E-state index contributed by atoms with van der Waals surface area (Å²) in [6, 6.07) is 28.3. The van der Waals surface area contributed by atoms with E-state index in [9.17, 15) is 0 Å². The summed E-state index contributed by atoms with van der Waals surface area (Å²) < 4.78 is 2.37. The number of nitrogens with zero attached hydrogens (tertiary/aromatic N) is 3. The van der Waals surface area contributed by atoms with Crippen LogP contribution >= 0.6 is 0 Å². The van der Waals surface area contributed by atoms with Crippen LogP contribution in [0, 0.1) is 5.92 Å². The van der Waals surface area contributed by atoms with E-state index in [2.05, 4.69) is 83.4 Å². The molecule has 1 aliphatic heterocycles. The van der Waals surface area contributed by atoms with E-state index in [0.29, 0.717) is 5.92 Å². The van der Waals surface area contributed by atoms with Gasteiger partial charge in [-0.2, -0.15) is 0 Å². The first-order valence-electron chi connectivity index (χ1n) is 10.1. The van der Waals surface area contributed by atoms with Gasteiger partial charge in [-0.05, 0) is 48.1 Å². The molecule has 0 bridgehead atoms. The predicted molar refractivity (Wildman–Crippen MR) is 113 cm³/mol. The molecule has 1 aliphatic carbocycles. The minimum absolute atomic E-state index is 0.224. The monoisotopic (exact) mass is 363 g/mol. The molecule has 3 aromatic carbocycles. The molecule has 28 heavy (non-hydrogen) atoms. The maximum atomic E-state index is 5.15. The van der Waals surface area contributed by atoms with Gasteiger partial charge in [-0.25, -0.2) is 9.98 Å². The average Bonchev–Trinajstić information content (AvgIpc) is 3.02. The highest BCUT2D eigenvalue weighted by Crippen LogP contribution is 2.44. The predicted octanol–water partition coefficient (Wildman–Crippen LogP) is 5.71. The Morgan fingerprint density at radius 2 is 1.61 bits per heavy atom. The molecule has 1 aromatic heterocycles. The van der Waals surface area contributed by atoms with Crippen molar-refractivity contribution in [3.05, 3.63) is 95.6 Å². The fourth-order valence-electron chi connectivity index (χ4n) is 4.99. The molecule has 0 saturated carbocycles. The van der Waals surface area contributed by atoms with E-state index in [0.717, 1.165) is 24.3 Å². The summed E-state index contributed by atoms with van der Waals surface area (Å²) in [6.07, 6.45) is 3.45. The molecule has 2 atom stereocenters. The Kier molecular flexibility index (Phi) is 3.48. The van der Waals surface area contributed by atoms with E-state index in [4.69, 9.17) is 9.98 Å². The highest BCUT2D eigenvalue weighted by atomic mass is 15.2. The van der Waals surface area contributed by atoms with Gasteiger partial charge in [-0.1, -0.05) is 66.7 Å². The first-order chi connectivity index (χ1) is 13.9. The van der Waals surface area contributed by atoms with Crippen molar-refractivity contribution < 1.29 is 0 Å². The quantitative estimate of drug-likeness (QED) is 0.426. The minimum Gasteiger partial charge on any atom is -0.300 e. The number of para-hydroxylation sites is 2. The van der Waals surface area contributed by atoms with E-state index >= 15 is 0 Å². The summed E-state index contributed by atoms with van der Waals surface area (Å²) in [6.45, 7) is 0. The second kappa shape index (κ2) is 6.16. The van der Waals surface area contributed by atoms with Crippen molar-refractivity contribution in [1.82, 2.24) is 9.55 Å². The molecular weight excluding hydrogens is 342 g/mol. The van der Waals surface area contributed by atoms with Crippen LogP contribution in [0.4, 0.5) is 5.95 Å².